The Morgan fingerprint density at radius 1 is 1.47 bits per heavy atom. The van der Waals surface area contributed by atoms with Crippen molar-refractivity contribution in [1.29, 1.82) is 0 Å². The Bertz CT molecular complexity index is 439. The molecule has 1 rings (SSSR count). The van der Waals surface area contributed by atoms with Gasteiger partial charge in [0.1, 0.15) is 11.9 Å². The van der Waals surface area contributed by atoms with E-state index in [1.807, 2.05) is 5.43 Å². The number of hydrogen-bond donors (Lipinski definition) is 5. The maximum Gasteiger partial charge on any atom is 0.265 e. The average molecular weight is 269 g/mol. The zero-order valence-corrected chi connectivity index (χ0v) is 10.9. The molecule has 0 fully saturated rings. The van der Waals surface area contributed by atoms with Crippen molar-refractivity contribution in [2.45, 2.75) is 12.2 Å². The van der Waals surface area contributed by atoms with E-state index in [0.29, 0.717) is 5.75 Å². The number of carbonyl (C=O) groups is 1. The van der Waals surface area contributed by atoms with Crippen LogP contribution in [-0.4, -0.2) is 42.9 Å². The van der Waals surface area contributed by atoms with Gasteiger partial charge in [0.25, 0.3) is 5.91 Å². The van der Waals surface area contributed by atoms with E-state index >= 15 is 0 Å². The number of carbonyl (C=O) groups excluding carboxylic acids is 1. The van der Waals surface area contributed by atoms with Crippen molar-refractivity contribution >= 4 is 5.91 Å². The quantitative estimate of drug-likeness (QED) is 0.254. The van der Waals surface area contributed by atoms with Gasteiger partial charge in [0.2, 0.25) is 0 Å². The number of likely N-dealkylation sites (N-methyl/N-ethyl adjacent to an activating group) is 1. The number of amides is 1. The van der Waals surface area contributed by atoms with Crippen LogP contribution in [0.25, 0.3) is 0 Å². The zero-order chi connectivity index (χ0) is 14.4. The van der Waals surface area contributed by atoms with Crippen LogP contribution in [0, 0.1) is 0 Å². The zero-order valence-electron chi connectivity index (χ0n) is 10.9. The predicted molar refractivity (Wildman–Crippen MR) is 69.5 cm³/mol. The fourth-order valence-electron chi connectivity index (χ4n) is 1.72. The Labute approximate surface area is 111 Å². The van der Waals surface area contributed by atoms with Gasteiger partial charge < -0.3 is 20.3 Å². The van der Waals surface area contributed by atoms with Gasteiger partial charge in [-0.25, -0.2) is 5.84 Å². The Morgan fingerprint density at radius 2 is 2.16 bits per heavy atom. The van der Waals surface area contributed by atoms with E-state index in [2.05, 4.69) is 5.32 Å². The van der Waals surface area contributed by atoms with Crippen LogP contribution < -0.4 is 21.3 Å². The molecule has 2 unspecified atom stereocenters. The van der Waals surface area contributed by atoms with E-state index in [4.69, 9.17) is 10.6 Å². The van der Waals surface area contributed by atoms with Crippen molar-refractivity contribution in [3.05, 3.63) is 29.3 Å². The fraction of sp³-hybridized carbons (Fsp3) is 0.417. The first-order chi connectivity index (χ1) is 9.04. The maximum absolute atomic E-state index is 11.7. The Morgan fingerprint density at radius 3 is 2.68 bits per heavy atom. The molecule has 1 aromatic carbocycles. The van der Waals surface area contributed by atoms with Crippen LogP contribution in [0.1, 0.15) is 22.0 Å². The summed E-state index contributed by atoms with van der Waals surface area (Å²) in [7, 11) is 3.11. The largest absolute Gasteiger partial charge is 0.497 e. The Balaban J connectivity index is 3.14. The molecule has 0 bridgehead atoms. The predicted octanol–water partition coefficient (Wildman–Crippen LogP) is -1.09. The van der Waals surface area contributed by atoms with E-state index < -0.39 is 18.1 Å². The van der Waals surface area contributed by atoms with Gasteiger partial charge in [-0.05, 0) is 24.7 Å². The van der Waals surface area contributed by atoms with Gasteiger partial charge >= 0.3 is 0 Å². The highest BCUT2D eigenvalue weighted by atomic mass is 16.5. The summed E-state index contributed by atoms with van der Waals surface area (Å²) in [6.45, 7) is 0.191. The summed E-state index contributed by atoms with van der Waals surface area (Å²) in [4.78, 5) is 11.7. The summed E-state index contributed by atoms with van der Waals surface area (Å²) in [5.74, 6) is 4.99. The number of nitrogen functional groups attached to an aromatic ring is 1. The maximum atomic E-state index is 11.7. The van der Waals surface area contributed by atoms with Crippen LogP contribution >= 0.6 is 0 Å². The second-order valence-corrected chi connectivity index (χ2v) is 4.00. The second-order valence-electron chi connectivity index (χ2n) is 4.00. The van der Waals surface area contributed by atoms with Gasteiger partial charge in [0.05, 0.1) is 18.8 Å². The van der Waals surface area contributed by atoms with Crippen molar-refractivity contribution in [3.8, 4) is 5.75 Å². The molecular weight excluding hydrogens is 250 g/mol. The standard InChI is InChI=1S/C12H19N3O4/c1-14-6-10(16)11(17)8-4-3-7(19-2)5-9(8)12(18)15-13/h3-5,10-11,14,16-17H,6,13H2,1-2H3,(H,15,18). The highest BCUT2D eigenvalue weighted by Gasteiger charge is 2.23. The van der Waals surface area contributed by atoms with E-state index in [0.717, 1.165) is 0 Å². The molecule has 2 atom stereocenters. The first kappa shape index (κ1) is 15.4. The minimum atomic E-state index is -1.20. The lowest BCUT2D eigenvalue weighted by Gasteiger charge is -2.20. The lowest BCUT2D eigenvalue weighted by molar-refractivity contribution is 0.0196. The van der Waals surface area contributed by atoms with Crippen molar-refractivity contribution in [2.24, 2.45) is 5.84 Å². The summed E-state index contributed by atoms with van der Waals surface area (Å²) in [6, 6.07) is 4.57. The number of nitrogens with two attached hydrogens (primary N) is 1. The molecule has 0 aliphatic heterocycles. The molecular formula is C12H19N3O4. The molecule has 7 nitrogen and oxygen atoms in total. The molecule has 0 aromatic heterocycles. The summed E-state index contributed by atoms with van der Waals surface area (Å²) < 4.78 is 5.01. The van der Waals surface area contributed by atoms with Crippen LogP contribution in [0.2, 0.25) is 0 Å². The number of nitrogens with one attached hydrogen (secondary N) is 2. The summed E-state index contributed by atoms with van der Waals surface area (Å²) >= 11 is 0. The minimum Gasteiger partial charge on any atom is -0.497 e. The van der Waals surface area contributed by atoms with Crippen molar-refractivity contribution in [3.63, 3.8) is 0 Å². The second kappa shape index (κ2) is 7.05. The van der Waals surface area contributed by atoms with Gasteiger partial charge in [-0.15, -0.1) is 0 Å². The smallest absolute Gasteiger partial charge is 0.265 e. The third-order valence-corrected chi connectivity index (χ3v) is 2.73. The molecule has 1 aromatic rings. The number of hydrogen-bond acceptors (Lipinski definition) is 6. The van der Waals surface area contributed by atoms with E-state index in [1.165, 1.54) is 19.2 Å². The highest BCUT2D eigenvalue weighted by molar-refractivity contribution is 5.95. The van der Waals surface area contributed by atoms with Crippen molar-refractivity contribution in [2.75, 3.05) is 20.7 Å². The molecule has 0 aliphatic rings. The van der Waals surface area contributed by atoms with E-state index in [9.17, 15) is 15.0 Å². The number of methoxy groups -OCH3 is 1. The summed E-state index contributed by atoms with van der Waals surface area (Å²) in [5.41, 5.74) is 2.44. The third kappa shape index (κ3) is 3.65. The average Bonchev–Trinajstić information content (AvgIpc) is 2.45. The summed E-state index contributed by atoms with van der Waals surface area (Å²) in [5, 5.41) is 22.6. The SMILES string of the molecule is CNCC(O)C(O)c1ccc(OC)cc1C(=O)NN. The van der Waals surface area contributed by atoms with Crippen LogP contribution in [-0.2, 0) is 0 Å². The van der Waals surface area contributed by atoms with E-state index in [1.54, 1.807) is 13.1 Å². The molecule has 0 aliphatic carbocycles. The molecule has 6 N–H and O–H groups in total. The monoisotopic (exact) mass is 269 g/mol. The molecule has 19 heavy (non-hydrogen) atoms. The lowest BCUT2D eigenvalue weighted by Crippen LogP contribution is -2.34. The van der Waals surface area contributed by atoms with Gasteiger partial charge in [-0.1, -0.05) is 6.07 Å². The fourth-order valence-corrected chi connectivity index (χ4v) is 1.72. The number of ether oxygens (including phenoxy) is 1. The topological polar surface area (TPSA) is 117 Å². The number of aliphatic hydroxyl groups excluding tert-OH is 2. The van der Waals surface area contributed by atoms with Gasteiger partial charge in [-0.3, -0.25) is 10.2 Å². The number of benzene rings is 1. The molecule has 0 heterocycles. The molecule has 1 amide bonds. The Kier molecular flexibility index (Phi) is 5.71. The number of hydrazine groups is 1. The summed E-state index contributed by atoms with van der Waals surface area (Å²) in [6.07, 6.45) is -2.24. The van der Waals surface area contributed by atoms with Crippen molar-refractivity contribution in [1.82, 2.24) is 10.7 Å². The van der Waals surface area contributed by atoms with Crippen molar-refractivity contribution < 1.29 is 19.7 Å². The molecule has 0 saturated carbocycles. The molecule has 7 heteroatoms. The molecule has 0 spiro atoms. The third-order valence-electron chi connectivity index (χ3n) is 2.73. The number of rotatable bonds is 6. The lowest BCUT2D eigenvalue weighted by atomic mass is 9.97. The van der Waals surface area contributed by atoms with Gasteiger partial charge in [0, 0.05) is 6.54 Å². The molecule has 0 saturated heterocycles. The number of aliphatic hydroxyl groups is 2. The van der Waals surface area contributed by atoms with Crippen LogP contribution in [0.15, 0.2) is 18.2 Å². The van der Waals surface area contributed by atoms with E-state index in [-0.39, 0.29) is 17.7 Å². The van der Waals surface area contributed by atoms with Gasteiger partial charge in [-0.2, -0.15) is 0 Å². The van der Waals surface area contributed by atoms with Gasteiger partial charge in [0.15, 0.2) is 0 Å². The van der Waals surface area contributed by atoms with Crippen LogP contribution in [0.5, 0.6) is 5.75 Å². The normalized spacial score (nSPS) is 13.7. The molecule has 0 radical (unpaired) electrons. The van der Waals surface area contributed by atoms with Crippen LogP contribution in [0.4, 0.5) is 0 Å². The van der Waals surface area contributed by atoms with Crippen LogP contribution in [0.3, 0.4) is 0 Å². The Hall–Kier alpha value is -1.67. The first-order valence-electron chi connectivity index (χ1n) is 5.74. The molecule has 106 valence electrons. The first-order valence-corrected chi connectivity index (χ1v) is 5.74. The minimum absolute atomic E-state index is 0.157. The highest BCUT2D eigenvalue weighted by Crippen LogP contribution is 2.25.